The first-order chi connectivity index (χ1) is 31.7. The predicted octanol–water partition coefficient (Wildman–Crippen LogP) is 8.42. The summed E-state index contributed by atoms with van der Waals surface area (Å²) in [6.07, 6.45) is 1.97. The second kappa shape index (κ2) is 18.8. The quantitative estimate of drug-likeness (QED) is 0.0903. The molecule has 1 saturated heterocycles. The number of amides is 2. The van der Waals surface area contributed by atoms with E-state index in [2.05, 4.69) is 56.7 Å². The lowest BCUT2D eigenvalue weighted by Gasteiger charge is -2.37. The molecule has 0 bridgehead atoms. The van der Waals surface area contributed by atoms with E-state index in [9.17, 15) is 14.4 Å². The SMILES string of the molecule is COc1ccc(C(OC[C@@H]2CC[C@H](n3cnc4c(=O)[nH]c(NC(=O)CCCN(C)C(=O)OCC5c6ccccc6-c6ccccc65)nc43)O2)(c2ccccc2)c2ccc(OC)cc2)cc1. The van der Waals surface area contributed by atoms with Gasteiger partial charge < -0.3 is 28.6 Å². The average molecular weight is 875 g/mol. The van der Waals surface area contributed by atoms with Crippen LogP contribution in [0.3, 0.4) is 0 Å². The van der Waals surface area contributed by atoms with Gasteiger partial charge in [-0.05, 0) is 82.5 Å². The summed E-state index contributed by atoms with van der Waals surface area (Å²) in [5.41, 5.74) is 6.23. The number of hydrogen-bond acceptors (Lipinski definition) is 10. The summed E-state index contributed by atoms with van der Waals surface area (Å²) in [5.74, 6) is 1.02. The fraction of sp³-hybridized carbons (Fsp3) is 0.275. The van der Waals surface area contributed by atoms with Crippen molar-refractivity contribution >= 4 is 29.1 Å². The molecule has 1 aliphatic heterocycles. The van der Waals surface area contributed by atoms with Gasteiger partial charge >= 0.3 is 6.09 Å². The third kappa shape index (κ3) is 8.70. The summed E-state index contributed by atoms with van der Waals surface area (Å²) in [6, 6.07) is 42.1. The third-order valence-corrected chi connectivity index (χ3v) is 12.3. The number of fused-ring (bicyclic) bond motifs is 4. The molecule has 2 atom stereocenters. The first-order valence-electron chi connectivity index (χ1n) is 21.7. The number of aromatic nitrogens is 4. The Hall–Kier alpha value is -7.29. The molecule has 14 heteroatoms. The van der Waals surface area contributed by atoms with Gasteiger partial charge in [0.15, 0.2) is 11.2 Å². The lowest BCUT2D eigenvalue weighted by molar-refractivity contribution is -0.116. The number of hydrogen-bond donors (Lipinski definition) is 2. The Balaban J connectivity index is 0.831. The maximum Gasteiger partial charge on any atom is 0.409 e. The number of benzene rings is 5. The minimum atomic E-state index is -1.01. The normalized spacial score (nSPS) is 15.6. The zero-order chi connectivity index (χ0) is 44.9. The van der Waals surface area contributed by atoms with Crippen LogP contribution in [-0.2, 0) is 24.6 Å². The molecule has 65 heavy (non-hydrogen) atoms. The number of imidazole rings is 1. The highest BCUT2D eigenvalue weighted by molar-refractivity contribution is 5.89. The van der Waals surface area contributed by atoms with Crippen molar-refractivity contribution in [3.05, 3.63) is 172 Å². The van der Waals surface area contributed by atoms with Gasteiger partial charge in [0.05, 0.1) is 33.3 Å². The molecule has 5 aromatic carbocycles. The van der Waals surface area contributed by atoms with E-state index in [1.165, 1.54) is 11.2 Å². The highest BCUT2D eigenvalue weighted by atomic mass is 16.6. The molecule has 9 rings (SSSR count). The van der Waals surface area contributed by atoms with Crippen LogP contribution in [0.15, 0.2) is 139 Å². The van der Waals surface area contributed by atoms with Crippen molar-refractivity contribution in [2.24, 2.45) is 0 Å². The van der Waals surface area contributed by atoms with Gasteiger partial charge in [-0.2, -0.15) is 4.98 Å². The van der Waals surface area contributed by atoms with Crippen molar-refractivity contribution < 1.29 is 33.3 Å². The topological polar surface area (TPSA) is 159 Å². The van der Waals surface area contributed by atoms with E-state index in [0.29, 0.717) is 19.3 Å². The molecule has 0 unspecified atom stereocenters. The monoisotopic (exact) mass is 874 g/mol. The number of methoxy groups -OCH3 is 2. The summed E-state index contributed by atoms with van der Waals surface area (Å²) in [4.78, 5) is 52.3. The second-order valence-corrected chi connectivity index (χ2v) is 16.2. The van der Waals surface area contributed by atoms with E-state index in [-0.39, 0.29) is 61.2 Å². The Labute approximate surface area is 376 Å². The molecule has 0 saturated carbocycles. The number of H-pyrrole nitrogens is 1. The Morgan fingerprint density at radius 2 is 1.40 bits per heavy atom. The number of nitrogens with one attached hydrogen (secondary N) is 2. The van der Waals surface area contributed by atoms with Crippen molar-refractivity contribution in [3.8, 4) is 22.6 Å². The van der Waals surface area contributed by atoms with Crippen LogP contribution in [0, 0.1) is 0 Å². The van der Waals surface area contributed by atoms with Crippen LogP contribution in [0.2, 0.25) is 0 Å². The zero-order valence-corrected chi connectivity index (χ0v) is 36.4. The summed E-state index contributed by atoms with van der Waals surface area (Å²) in [7, 11) is 4.92. The molecule has 14 nitrogen and oxygen atoms in total. The van der Waals surface area contributed by atoms with Gasteiger partial charge in [0.2, 0.25) is 11.9 Å². The fourth-order valence-corrected chi connectivity index (χ4v) is 8.97. The molecule has 7 aromatic rings. The molecule has 0 spiro atoms. The molecule has 2 N–H and O–H groups in total. The Kier molecular flexibility index (Phi) is 12.4. The van der Waals surface area contributed by atoms with Gasteiger partial charge in [-0.25, -0.2) is 9.78 Å². The predicted molar refractivity (Wildman–Crippen MR) is 245 cm³/mol. The molecule has 2 aliphatic rings. The molecule has 0 radical (unpaired) electrons. The minimum Gasteiger partial charge on any atom is -0.497 e. The Morgan fingerprint density at radius 3 is 2.03 bits per heavy atom. The van der Waals surface area contributed by atoms with Gasteiger partial charge in [-0.1, -0.05) is 103 Å². The smallest absolute Gasteiger partial charge is 0.409 e. The maximum atomic E-state index is 13.2. The molecule has 2 aromatic heterocycles. The number of carbonyl (C=O) groups is 2. The first kappa shape index (κ1) is 43.0. The van der Waals surface area contributed by atoms with Crippen molar-refractivity contribution in [1.29, 1.82) is 0 Å². The first-order valence-corrected chi connectivity index (χ1v) is 21.7. The number of nitrogens with zero attached hydrogens (tertiary/aromatic N) is 4. The van der Waals surface area contributed by atoms with E-state index >= 15 is 0 Å². The van der Waals surface area contributed by atoms with Crippen LogP contribution in [0.1, 0.15) is 65.6 Å². The average Bonchev–Trinajstić information content (AvgIpc) is 4.08. The summed E-state index contributed by atoms with van der Waals surface area (Å²) in [5, 5.41) is 2.72. The Morgan fingerprint density at radius 1 is 0.800 bits per heavy atom. The van der Waals surface area contributed by atoms with E-state index in [4.69, 9.17) is 23.7 Å². The maximum absolute atomic E-state index is 13.2. The van der Waals surface area contributed by atoms with Gasteiger partial charge in [0, 0.05) is 25.9 Å². The van der Waals surface area contributed by atoms with Crippen molar-refractivity contribution in [2.75, 3.05) is 46.3 Å². The van der Waals surface area contributed by atoms with Crippen LogP contribution < -0.4 is 20.3 Å². The molecule has 332 valence electrons. The molecule has 1 fully saturated rings. The Bertz CT molecular complexity index is 2750. The van der Waals surface area contributed by atoms with E-state index in [1.807, 2.05) is 91.0 Å². The number of anilines is 1. The molecular weight excluding hydrogens is 825 g/mol. The van der Waals surface area contributed by atoms with Crippen LogP contribution in [-0.4, -0.2) is 83.5 Å². The van der Waals surface area contributed by atoms with Gasteiger partial charge in [0.1, 0.15) is 29.9 Å². The van der Waals surface area contributed by atoms with Gasteiger partial charge in [-0.3, -0.25) is 24.5 Å². The number of carbonyl (C=O) groups excluding carboxylic acids is 2. The fourth-order valence-electron chi connectivity index (χ4n) is 8.97. The highest BCUT2D eigenvalue weighted by Gasteiger charge is 2.40. The molecular formula is C51H50N6O8. The standard InChI is InChI=1S/C51H50N6O8/c1-56(50(60)63-31-43-41-16-9-7-14-39(41)40-15-8-10-17-42(40)43)29-11-18-44(58)53-49-54-47-46(48(59)55-49)52-32-57(47)45-28-27-38(65-45)30-64-51(33-12-5-4-6-13-33,34-19-23-36(61-2)24-20-34)35-21-25-37(62-3)26-22-35/h4-10,12-17,19-26,32,38,43,45H,11,18,27-31H2,1-3H3,(H2,53,54,55,58,59)/t38-,45+/m0/s1. The summed E-state index contributed by atoms with van der Waals surface area (Å²) < 4.78 is 32.2. The molecule has 2 amide bonds. The van der Waals surface area contributed by atoms with Crippen LogP contribution in [0.4, 0.5) is 10.7 Å². The van der Waals surface area contributed by atoms with Crippen molar-refractivity contribution in [2.45, 2.75) is 49.5 Å². The zero-order valence-electron chi connectivity index (χ0n) is 36.4. The van der Waals surface area contributed by atoms with Crippen LogP contribution >= 0.6 is 0 Å². The lowest BCUT2D eigenvalue weighted by Crippen LogP contribution is -2.35. The number of aromatic amines is 1. The summed E-state index contributed by atoms with van der Waals surface area (Å²) >= 11 is 0. The van der Waals surface area contributed by atoms with E-state index < -0.39 is 23.5 Å². The number of rotatable bonds is 16. The van der Waals surface area contributed by atoms with Gasteiger partial charge in [-0.15, -0.1) is 0 Å². The summed E-state index contributed by atoms with van der Waals surface area (Å²) in [6.45, 7) is 0.735. The van der Waals surface area contributed by atoms with Gasteiger partial charge in [0.25, 0.3) is 5.56 Å². The lowest BCUT2D eigenvalue weighted by atomic mass is 9.80. The van der Waals surface area contributed by atoms with Crippen LogP contribution in [0.25, 0.3) is 22.3 Å². The third-order valence-electron chi connectivity index (χ3n) is 12.3. The minimum absolute atomic E-state index is 0.0105. The van der Waals surface area contributed by atoms with Crippen molar-refractivity contribution in [1.82, 2.24) is 24.4 Å². The van der Waals surface area contributed by atoms with E-state index in [0.717, 1.165) is 50.4 Å². The van der Waals surface area contributed by atoms with E-state index in [1.54, 1.807) is 25.8 Å². The largest absolute Gasteiger partial charge is 0.497 e. The highest BCUT2D eigenvalue weighted by Crippen LogP contribution is 2.45. The van der Waals surface area contributed by atoms with Crippen molar-refractivity contribution in [3.63, 3.8) is 0 Å². The number of ether oxygens (including phenoxy) is 5. The second-order valence-electron chi connectivity index (χ2n) is 16.2. The molecule has 3 heterocycles. The molecule has 1 aliphatic carbocycles. The van der Waals surface area contributed by atoms with Crippen LogP contribution in [0.5, 0.6) is 11.5 Å².